The minimum Gasteiger partial charge on any atom is -0.397 e. The molecule has 1 aliphatic heterocycles. The Labute approximate surface area is 53.7 Å². The topological polar surface area (TPSA) is 38.0 Å². The lowest BCUT2D eigenvalue weighted by molar-refractivity contribution is 1.06. The summed E-state index contributed by atoms with van der Waals surface area (Å²) < 4.78 is 0. The number of para-hydroxylation sites is 1. The molecule has 0 unspecified atom stereocenters. The lowest BCUT2D eigenvalue weighted by atomic mass is 10.1. The maximum Gasteiger partial charge on any atom is 0.0627 e. The second-order valence-electron chi connectivity index (χ2n) is 2.23. The maximum absolute atomic E-state index is 5.61. The van der Waals surface area contributed by atoms with E-state index in [9.17, 15) is 0 Å². The van der Waals surface area contributed by atoms with E-state index in [1.165, 1.54) is 5.56 Å². The second-order valence-corrected chi connectivity index (χ2v) is 2.23. The summed E-state index contributed by atoms with van der Waals surface area (Å²) in [6.45, 7) is 0.973. The molecule has 0 amide bonds. The van der Waals surface area contributed by atoms with E-state index >= 15 is 0 Å². The molecule has 0 atom stereocenters. The minimum absolute atomic E-state index is 0.860. The SMILES string of the molecule is Nc1cccc2c1NC2. The Bertz CT molecular complexity index is 228. The first-order chi connectivity index (χ1) is 4.38. The van der Waals surface area contributed by atoms with Crippen LogP contribution in [0, 0.1) is 0 Å². The highest BCUT2D eigenvalue weighted by molar-refractivity contribution is 5.75. The Kier molecular flexibility index (Phi) is 0.730. The van der Waals surface area contributed by atoms with Crippen LogP contribution in [-0.4, -0.2) is 0 Å². The highest BCUT2D eigenvalue weighted by atomic mass is 15.0. The van der Waals surface area contributed by atoms with Crippen LogP contribution in [0.3, 0.4) is 0 Å². The van der Waals surface area contributed by atoms with Crippen molar-refractivity contribution in [2.75, 3.05) is 11.1 Å². The third-order valence-corrected chi connectivity index (χ3v) is 1.64. The quantitative estimate of drug-likeness (QED) is 0.505. The Morgan fingerprint density at radius 2 is 2.33 bits per heavy atom. The molecule has 2 heteroatoms. The molecule has 2 rings (SSSR count). The maximum atomic E-state index is 5.61. The average molecular weight is 120 g/mol. The lowest BCUT2D eigenvalue weighted by Crippen LogP contribution is -2.14. The normalized spacial score (nSPS) is 13.3. The summed E-state index contributed by atoms with van der Waals surface area (Å²) in [5.74, 6) is 0. The number of rotatable bonds is 0. The molecule has 1 aliphatic rings. The van der Waals surface area contributed by atoms with E-state index in [0.29, 0.717) is 0 Å². The van der Waals surface area contributed by atoms with Gasteiger partial charge in [-0.15, -0.1) is 0 Å². The van der Waals surface area contributed by atoms with Gasteiger partial charge in [-0.2, -0.15) is 0 Å². The Balaban J connectivity index is 2.64. The zero-order chi connectivity index (χ0) is 6.27. The van der Waals surface area contributed by atoms with E-state index < -0.39 is 0 Å². The summed E-state index contributed by atoms with van der Waals surface area (Å²) >= 11 is 0. The van der Waals surface area contributed by atoms with Crippen molar-refractivity contribution in [1.82, 2.24) is 0 Å². The van der Waals surface area contributed by atoms with E-state index in [1.54, 1.807) is 0 Å². The van der Waals surface area contributed by atoms with Crippen molar-refractivity contribution in [3.63, 3.8) is 0 Å². The third kappa shape index (κ3) is 0.499. The standard InChI is InChI=1S/C7H8N2/c8-6-3-1-2-5-4-9-7(5)6/h1-3,9H,4,8H2. The van der Waals surface area contributed by atoms with Crippen LogP contribution in [0.25, 0.3) is 0 Å². The Morgan fingerprint density at radius 1 is 1.44 bits per heavy atom. The molecule has 0 radical (unpaired) electrons. The van der Waals surface area contributed by atoms with Gasteiger partial charge in [0.1, 0.15) is 0 Å². The van der Waals surface area contributed by atoms with Crippen LogP contribution >= 0.6 is 0 Å². The van der Waals surface area contributed by atoms with Crippen molar-refractivity contribution in [1.29, 1.82) is 0 Å². The van der Waals surface area contributed by atoms with E-state index in [1.807, 2.05) is 12.1 Å². The van der Waals surface area contributed by atoms with Gasteiger partial charge < -0.3 is 11.1 Å². The number of benzene rings is 1. The van der Waals surface area contributed by atoms with Crippen molar-refractivity contribution in [3.8, 4) is 0 Å². The first-order valence-electron chi connectivity index (χ1n) is 2.99. The largest absolute Gasteiger partial charge is 0.397 e. The summed E-state index contributed by atoms with van der Waals surface area (Å²) in [7, 11) is 0. The molecule has 9 heavy (non-hydrogen) atoms. The molecule has 0 spiro atoms. The summed E-state index contributed by atoms with van der Waals surface area (Å²) in [5, 5.41) is 3.13. The molecular formula is C7H8N2. The highest BCUT2D eigenvalue weighted by Gasteiger charge is 2.12. The first kappa shape index (κ1) is 4.68. The molecule has 1 heterocycles. The van der Waals surface area contributed by atoms with Crippen LogP contribution in [0.5, 0.6) is 0 Å². The van der Waals surface area contributed by atoms with E-state index in [2.05, 4.69) is 11.4 Å². The summed E-state index contributed by atoms with van der Waals surface area (Å²) in [6.07, 6.45) is 0. The van der Waals surface area contributed by atoms with Crippen LogP contribution in [0.1, 0.15) is 5.56 Å². The van der Waals surface area contributed by atoms with Gasteiger partial charge in [0.2, 0.25) is 0 Å². The number of hydrogen-bond donors (Lipinski definition) is 2. The number of anilines is 2. The van der Waals surface area contributed by atoms with Crippen LogP contribution in [0.2, 0.25) is 0 Å². The highest BCUT2D eigenvalue weighted by Crippen LogP contribution is 2.30. The van der Waals surface area contributed by atoms with Gasteiger partial charge in [-0.3, -0.25) is 0 Å². The third-order valence-electron chi connectivity index (χ3n) is 1.64. The molecule has 2 nitrogen and oxygen atoms in total. The average Bonchev–Trinajstić information content (AvgIpc) is 1.74. The van der Waals surface area contributed by atoms with Crippen LogP contribution < -0.4 is 11.1 Å². The molecule has 1 aromatic carbocycles. The van der Waals surface area contributed by atoms with Crippen molar-refractivity contribution >= 4 is 11.4 Å². The Morgan fingerprint density at radius 3 is 2.78 bits per heavy atom. The van der Waals surface area contributed by atoms with E-state index in [4.69, 9.17) is 5.73 Å². The fourth-order valence-electron chi connectivity index (χ4n) is 1.06. The summed E-state index contributed by atoms with van der Waals surface area (Å²) in [5.41, 5.74) is 8.92. The number of fused-ring (bicyclic) bond motifs is 1. The van der Waals surface area contributed by atoms with Gasteiger partial charge in [0, 0.05) is 6.54 Å². The zero-order valence-electron chi connectivity index (χ0n) is 5.02. The summed E-state index contributed by atoms with van der Waals surface area (Å²) in [4.78, 5) is 0. The van der Waals surface area contributed by atoms with Crippen molar-refractivity contribution in [2.24, 2.45) is 0 Å². The predicted octanol–water partition coefficient (Wildman–Crippen LogP) is 1.19. The van der Waals surface area contributed by atoms with Gasteiger partial charge in [-0.05, 0) is 11.6 Å². The van der Waals surface area contributed by atoms with E-state index in [-0.39, 0.29) is 0 Å². The molecule has 0 saturated carbocycles. The van der Waals surface area contributed by atoms with Gasteiger partial charge in [0.05, 0.1) is 11.4 Å². The molecule has 3 N–H and O–H groups in total. The molecule has 0 aliphatic carbocycles. The molecule has 0 aromatic heterocycles. The van der Waals surface area contributed by atoms with Crippen LogP contribution in [0.15, 0.2) is 18.2 Å². The Hall–Kier alpha value is -1.18. The molecule has 0 bridgehead atoms. The number of nitrogens with two attached hydrogens (primary N) is 1. The fraction of sp³-hybridized carbons (Fsp3) is 0.143. The number of nitrogens with one attached hydrogen (secondary N) is 1. The lowest BCUT2D eigenvalue weighted by Gasteiger charge is -2.22. The van der Waals surface area contributed by atoms with Gasteiger partial charge >= 0.3 is 0 Å². The van der Waals surface area contributed by atoms with Crippen molar-refractivity contribution in [3.05, 3.63) is 23.8 Å². The molecule has 0 fully saturated rings. The zero-order valence-corrected chi connectivity index (χ0v) is 5.02. The summed E-state index contributed by atoms with van der Waals surface area (Å²) in [6, 6.07) is 5.97. The number of nitrogen functional groups attached to an aromatic ring is 1. The monoisotopic (exact) mass is 120 g/mol. The van der Waals surface area contributed by atoms with Gasteiger partial charge in [0.15, 0.2) is 0 Å². The molecule has 46 valence electrons. The fourth-order valence-corrected chi connectivity index (χ4v) is 1.06. The van der Waals surface area contributed by atoms with Gasteiger partial charge in [-0.25, -0.2) is 0 Å². The number of hydrogen-bond acceptors (Lipinski definition) is 2. The molecule has 1 aromatic rings. The smallest absolute Gasteiger partial charge is 0.0627 e. The van der Waals surface area contributed by atoms with Crippen LogP contribution in [0.4, 0.5) is 11.4 Å². The molecular weight excluding hydrogens is 112 g/mol. The molecule has 0 saturated heterocycles. The van der Waals surface area contributed by atoms with Gasteiger partial charge in [0.25, 0.3) is 0 Å². The predicted molar refractivity (Wildman–Crippen MR) is 38.2 cm³/mol. The van der Waals surface area contributed by atoms with Gasteiger partial charge in [-0.1, -0.05) is 12.1 Å². The van der Waals surface area contributed by atoms with Crippen LogP contribution in [-0.2, 0) is 6.54 Å². The second kappa shape index (κ2) is 1.41. The van der Waals surface area contributed by atoms with Crippen molar-refractivity contribution in [2.45, 2.75) is 6.54 Å². The first-order valence-corrected chi connectivity index (χ1v) is 2.99. The van der Waals surface area contributed by atoms with Crippen molar-refractivity contribution < 1.29 is 0 Å². The minimum atomic E-state index is 0.860. The van der Waals surface area contributed by atoms with E-state index in [0.717, 1.165) is 17.9 Å².